The van der Waals surface area contributed by atoms with Crippen molar-refractivity contribution in [1.29, 1.82) is 0 Å². The van der Waals surface area contributed by atoms with Crippen molar-refractivity contribution in [1.82, 2.24) is 14.7 Å². The van der Waals surface area contributed by atoms with Crippen LogP contribution in [-0.2, 0) is 11.3 Å². The van der Waals surface area contributed by atoms with E-state index in [1.54, 1.807) is 10.9 Å². The van der Waals surface area contributed by atoms with E-state index in [0.717, 1.165) is 18.5 Å². The zero-order valence-electron chi connectivity index (χ0n) is 14.6. The summed E-state index contributed by atoms with van der Waals surface area (Å²) in [6, 6.07) is 10.0. The number of rotatable bonds is 6. The number of hydrogen-bond acceptors (Lipinski definition) is 3. The molecule has 25 heavy (non-hydrogen) atoms. The van der Waals surface area contributed by atoms with Crippen LogP contribution >= 0.6 is 11.6 Å². The van der Waals surface area contributed by atoms with Crippen molar-refractivity contribution in [3.63, 3.8) is 0 Å². The van der Waals surface area contributed by atoms with Gasteiger partial charge in [-0.05, 0) is 37.4 Å². The van der Waals surface area contributed by atoms with E-state index < -0.39 is 0 Å². The van der Waals surface area contributed by atoms with Crippen LogP contribution in [0.4, 0.5) is 5.82 Å². The van der Waals surface area contributed by atoms with Crippen LogP contribution in [0.1, 0.15) is 38.2 Å². The van der Waals surface area contributed by atoms with Crippen molar-refractivity contribution < 1.29 is 4.79 Å². The molecule has 2 heterocycles. The van der Waals surface area contributed by atoms with E-state index in [9.17, 15) is 4.79 Å². The Labute approximate surface area is 154 Å². The van der Waals surface area contributed by atoms with Crippen LogP contribution in [0, 0.1) is 0 Å². The first kappa shape index (κ1) is 18.0. The highest BCUT2D eigenvalue weighted by molar-refractivity contribution is 6.31. The molecule has 1 fully saturated rings. The van der Waals surface area contributed by atoms with E-state index >= 15 is 0 Å². The fraction of sp³-hybridized carbons (Fsp3) is 0.474. The van der Waals surface area contributed by atoms with Gasteiger partial charge in [-0.25, -0.2) is 4.68 Å². The largest absolute Gasteiger partial charge is 0.310 e. The highest BCUT2D eigenvalue weighted by atomic mass is 35.5. The maximum absolute atomic E-state index is 12.5. The Morgan fingerprint density at radius 1 is 1.32 bits per heavy atom. The number of likely N-dealkylation sites (tertiary alicyclic amines) is 1. The summed E-state index contributed by atoms with van der Waals surface area (Å²) < 4.78 is 1.77. The number of amides is 1. The summed E-state index contributed by atoms with van der Waals surface area (Å²) in [6.45, 7) is 4.17. The van der Waals surface area contributed by atoms with Gasteiger partial charge < -0.3 is 5.32 Å². The first-order chi connectivity index (χ1) is 12.2. The molecule has 5 nitrogen and oxygen atoms in total. The number of nitrogens with one attached hydrogen (secondary N) is 1. The number of carbonyl (C=O) groups is 1. The Bertz CT molecular complexity index is 715. The minimum absolute atomic E-state index is 0.0151. The van der Waals surface area contributed by atoms with Crippen LogP contribution in [0.15, 0.2) is 36.5 Å². The highest BCUT2D eigenvalue weighted by Gasteiger charge is 2.23. The molecule has 1 N–H and O–H groups in total. The molecule has 3 rings (SSSR count). The molecule has 0 radical (unpaired) electrons. The van der Waals surface area contributed by atoms with E-state index in [2.05, 4.69) is 22.2 Å². The van der Waals surface area contributed by atoms with Crippen molar-refractivity contribution in [2.45, 2.75) is 45.2 Å². The van der Waals surface area contributed by atoms with Gasteiger partial charge in [-0.1, -0.05) is 43.1 Å². The third kappa shape index (κ3) is 4.61. The first-order valence-corrected chi connectivity index (χ1v) is 9.34. The first-order valence-electron chi connectivity index (χ1n) is 8.96. The quantitative estimate of drug-likeness (QED) is 0.852. The molecule has 2 aromatic rings. The van der Waals surface area contributed by atoms with Gasteiger partial charge in [0.2, 0.25) is 5.91 Å². The standard InChI is InChI=1S/C19H25ClN4O/c1-2-16-8-5-6-12-23(16)14-19(25)22-18-10-11-21-24(18)13-15-7-3-4-9-17(15)20/h3-4,7,9-11,16H,2,5-6,8,12-14H2,1H3,(H,22,25). The molecule has 0 bridgehead atoms. The highest BCUT2D eigenvalue weighted by Crippen LogP contribution is 2.20. The number of carbonyl (C=O) groups excluding carboxylic acids is 1. The van der Waals surface area contributed by atoms with Crippen molar-refractivity contribution in [2.24, 2.45) is 0 Å². The molecule has 0 aliphatic carbocycles. The zero-order chi connectivity index (χ0) is 17.6. The van der Waals surface area contributed by atoms with Crippen LogP contribution in [-0.4, -0.2) is 39.7 Å². The molecule has 0 spiro atoms. The van der Waals surface area contributed by atoms with Crippen molar-refractivity contribution in [3.8, 4) is 0 Å². The molecule has 1 amide bonds. The van der Waals surface area contributed by atoms with Gasteiger partial charge in [0.15, 0.2) is 0 Å². The molecule has 0 saturated carbocycles. The summed E-state index contributed by atoms with van der Waals surface area (Å²) >= 11 is 6.22. The Morgan fingerprint density at radius 2 is 2.16 bits per heavy atom. The van der Waals surface area contributed by atoms with Crippen molar-refractivity contribution in [3.05, 3.63) is 47.1 Å². The van der Waals surface area contributed by atoms with Gasteiger partial charge >= 0.3 is 0 Å². The van der Waals surface area contributed by atoms with Gasteiger partial charge in [-0.2, -0.15) is 5.10 Å². The second-order valence-electron chi connectivity index (χ2n) is 6.54. The minimum Gasteiger partial charge on any atom is -0.310 e. The number of piperidine rings is 1. The van der Waals surface area contributed by atoms with Crippen molar-refractivity contribution >= 4 is 23.3 Å². The fourth-order valence-corrected chi connectivity index (χ4v) is 3.65. The Balaban J connectivity index is 1.62. The predicted molar refractivity (Wildman–Crippen MR) is 101 cm³/mol. The molecular formula is C19H25ClN4O. The second kappa shape index (κ2) is 8.50. The van der Waals surface area contributed by atoms with Crippen molar-refractivity contribution in [2.75, 3.05) is 18.4 Å². The molecule has 1 aliphatic rings. The molecule has 1 aromatic heterocycles. The second-order valence-corrected chi connectivity index (χ2v) is 6.95. The van der Waals surface area contributed by atoms with Crippen LogP contribution in [0.3, 0.4) is 0 Å². The summed E-state index contributed by atoms with van der Waals surface area (Å²) in [4.78, 5) is 14.8. The van der Waals surface area contributed by atoms with Gasteiger partial charge in [0.1, 0.15) is 5.82 Å². The maximum Gasteiger partial charge on any atom is 0.239 e. The lowest BCUT2D eigenvalue weighted by atomic mass is 10.0. The predicted octanol–water partition coefficient (Wildman–Crippen LogP) is 3.79. The van der Waals surface area contributed by atoms with Gasteiger partial charge in [-0.3, -0.25) is 9.69 Å². The Kier molecular flexibility index (Phi) is 6.10. The number of nitrogens with zero attached hydrogens (tertiary/aromatic N) is 3. The average molecular weight is 361 g/mol. The normalized spacial score (nSPS) is 18.2. The molecule has 1 atom stereocenters. The lowest BCUT2D eigenvalue weighted by Gasteiger charge is -2.34. The molecule has 1 aliphatic heterocycles. The third-order valence-corrected chi connectivity index (χ3v) is 5.20. The summed E-state index contributed by atoms with van der Waals surface area (Å²) in [5, 5.41) is 8.02. The fourth-order valence-electron chi connectivity index (χ4n) is 3.45. The van der Waals surface area contributed by atoms with Gasteiger partial charge in [0.25, 0.3) is 0 Å². The molecular weight excluding hydrogens is 336 g/mol. The SMILES string of the molecule is CCC1CCCCN1CC(=O)Nc1ccnn1Cc1ccccc1Cl. The topological polar surface area (TPSA) is 50.2 Å². The van der Waals surface area contributed by atoms with Crippen LogP contribution < -0.4 is 5.32 Å². The van der Waals surface area contributed by atoms with E-state index in [1.165, 1.54) is 19.3 Å². The number of anilines is 1. The van der Waals surface area contributed by atoms with Crippen LogP contribution in [0.5, 0.6) is 0 Å². The average Bonchev–Trinajstić information content (AvgIpc) is 3.04. The Morgan fingerprint density at radius 3 is 2.96 bits per heavy atom. The number of benzene rings is 1. The molecule has 1 saturated heterocycles. The summed E-state index contributed by atoms with van der Waals surface area (Å²) in [7, 11) is 0. The summed E-state index contributed by atoms with van der Waals surface area (Å²) in [5.74, 6) is 0.719. The number of halogens is 1. The van der Waals surface area contributed by atoms with E-state index in [4.69, 9.17) is 11.6 Å². The van der Waals surface area contributed by atoms with Crippen LogP contribution in [0.25, 0.3) is 0 Å². The lowest BCUT2D eigenvalue weighted by Crippen LogP contribution is -2.43. The van der Waals surface area contributed by atoms with E-state index in [1.807, 2.05) is 30.3 Å². The molecule has 6 heteroatoms. The summed E-state index contributed by atoms with van der Waals surface area (Å²) in [6.07, 6.45) is 6.42. The summed E-state index contributed by atoms with van der Waals surface area (Å²) in [5.41, 5.74) is 0.977. The Hall–Kier alpha value is -1.85. The smallest absolute Gasteiger partial charge is 0.239 e. The molecule has 1 aromatic carbocycles. The lowest BCUT2D eigenvalue weighted by molar-refractivity contribution is -0.118. The van der Waals surface area contributed by atoms with E-state index in [-0.39, 0.29) is 5.91 Å². The van der Waals surface area contributed by atoms with Crippen LogP contribution in [0.2, 0.25) is 5.02 Å². The van der Waals surface area contributed by atoms with E-state index in [0.29, 0.717) is 30.0 Å². The van der Waals surface area contributed by atoms with Gasteiger partial charge in [0.05, 0.1) is 19.3 Å². The molecule has 1 unspecified atom stereocenters. The van der Waals surface area contributed by atoms with Gasteiger partial charge in [0, 0.05) is 17.1 Å². The monoisotopic (exact) mass is 360 g/mol. The maximum atomic E-state index is 12.5. The third-order valence-electron chi connectivity index (χ3n) is 4.83. The molecule has 134 valence electrons. The van der Waals surface area contributed by atoms with Gasteiger partial charge in [-0.15, -0.1) is 0 Å². The number of aromatic nitrogens is 2. The zero-order valence-corrected chi connectivity index (χ0v) is 15.4. The number of hydrogen-bond donors (Lipinski definition) is 1. The minimum atomic E-state index is 0.0151.